The third-order valence-electron chi connectivity index (χ3n) is 8.65. The maximum Gasteiger partial charge on any atom is 0.244 e. The molecule has 5 atom stereocenters. The van der Waals surface area contributed by atoms with Gasteiger partial charge in [0.2, 0.25) is 17.7 Å². The minimum atomic E-state index is -0.524. The number of amides is 3. The van der Waals surface area contributed by atoms with Gasteiger partial charge < -0.3 is 20.6 Å². The first-order valence-electron chi connectivity index (χ1n) is 13.8. The fraction of sp³-hybridized carbons (Fsp3) is 0.679. The van der Waals surface area contributed by atoms with Crippen LogP contribution >= 0.6 is 11.8 Å². The quantitative estimate of drug-likeness (QED) is 0.414. The largest absolute Gasteiger partial charge is 0.396 e. The average molecular weight is 514 g/mol. The van der Waals surface area contributed by atoms with Gasteiger partial charge in [-0.2, -0.15) is 0 Å². The van der Waals surface area contributed by atoms with Crippen LogP contribution in [0.25, 0.3) is 0 Å². The number of benzene rings is 1. The molecule has 0 radical (unpaired) electrons. The fourth-order valence-electron chi connectivity index (χ4n) is 7.02. The van der Waals surface area contributed by atoms with Crippen molar-refractivity contribution in [2.45, 2.75) is 92.7 Å². The Morgan fingerprint density at radius 3 is 2.50 bits per heavy atom. The number of unbranched alkanes of at least 4 members (excludes halogenated alkanes) is 3. The van der Waals surface area contributed by atoms with E-state index in [1.165, 1.54) is 6.42 Å². The number of likely N-dealkylation sites (tertiary alicyclic amines) is 1. The summed E-state index contributed by atoms with van der Waals surface area (Å²) in [5.74, 6) is -1.02. The predicted octanol–water partition coefficient (Wildman–Crippen LogP) is 3.72. The van der Waals surface area contributed by atoms with Crippen molar-refractivity contribution < 1.29 is 19.5 Å². The van der Waals surface area contributed by atoms with Crippen molar-refractivity contribution in [1.29, 1.82) is 0 Å². The third-order valence-corrected chi connectivity index (χ3v) is 10.6. The average Bonchev–Trinajstić information content (AvgIpc) is 3.52. The summed E-state index contributed by atoms with van der Waals surface area (Å²) >= 11 is 1.73. The highest BCUT2D eigenvalue weighted by Crippen LogP contribution is 2.66. The van der Waals surface area contributed by atoms with Gasteiger partial charge in [0.05, 0.1) is 16.6 Å². The standard InChI is InChI=1S/C28H39N3O4S/c32-18-10-2-1-9-17-31-24(26(34)30-20-13-7-4-8-14-20)28-16-15-21(36-28)22(23(28)27(31)35)25(33)29-19-11-5-3-6-12-19/h3,5-6,11-12,20-24,32H,1-2,4,7-10,13-18H2,(H,29,33)(H,30,34)/t21-,22+,23+,24?,28?/m1/s1. The Hall–Kier alpha value is -2.06. The molecule has 3 heterocycles. The number of aliphatic hydroxyl groups is 1. The molecule has 8 heteroatoms. The van der Waals surface area contributed by atoms with Gasteiger partial charge in [0.25, 0.3) is 0 Å². The molecule has 3 amide bonds. The molecule has 5 rings (SSSR count). The number of carbonyl (C=O) groups is 3. The van der Waals surface area contributed by atoms with Crippen molar-refractivity contribution in [3.05, 3.63) is 30.3 Å². The highest BCUT2D eigenvalue weighted by Gasteiger charge is 2.73. The molecule has 36 heavy (non-hydrogen) atoms. The van der Waals surface area contributed by atoms with Crippen molar-refractivity contribution in [2.75, 3.05) is 18.5 Å². The molecule has 196 valence electrons. The number of aliphatic hydroxyl groups excluding tert-OH is 1. The lowest BCUT2D eigenvalue weighted by Crippen LogP contribution is -2.55. The van der Waals surface area contributed by atoms with Gasteiger partial charge in [-0.3, -0.25) is 14.4 Å². The number of fused-ring (bicyclic) bond motifs is 1. The molecular weight excluding hydrogens is 474 g/mol. The van der Waals surface area contributed by atoms with Gasteiger partial charge in [0.15, 0.2) is 0 Å². The SMILES string of the molecule is O=C(NC1CCCCC1)C1N(CCCCCCO)C(=O)[C@@H]2[C@@H](C(=O)Nc3ccccc3)[C@H]3CCC12S3. The first-order chi connectivity index (χ1) is 17.5. The summed E-state index contributed by atoms with van der Waals surface area (Å²) in [6.45, 7) is 0.708. The normalized spacial score (nSPS) is 31.5. The summed E-state index contributed by atoms with van der Waals surface area (Å²) in [4.78, 5) is 43.1. The van der Waals surface area contributed by atoms with Crippen molar-refractivity contribution in [2.24, 2.45) is 11.8 Å². The van der Waals surface area contributed by atoms with E-state index in [4.69, 9.17) is 5.11 Å². The number of hydrogen-bond acceptors (Lipinski definition) is 5. The van der Waals surface area contributed by atoms with Gasteiger partial charge in [-0.15, -0.1) is 11.8 Å². The number of anilines is 1. The summed E-state index contributed by atoms with van der Waals surface area (Å²) in [5, 5.41) is 15.5. The molecule has 2 unspecified atom stereocenters. The highest BCUT2D eigenvalue weighted by atomic mass is 32.2. The molecule has 4 aliphatic rings. The second kappa shape index (κ2) is 11.1. The van der Waals surface area contributed by atoms with Gasteiger partial charge in [-0.25, -0.2) is 0 Å². The minimum Gasteiger partial charge on any atom is -0.396 e. The summed E-state index contributed by atoms with van der Waals surface area (Å²) in [7, 11) is 0. The van der Waals surface area contributed by atoms with Crippen LogP contribution in [0.4, 0.5) is 5.69 Å². The van der Waals surface area contributed by atoms with Crippen molar-refractivity contribution in [1.82, 2.24) is 10.2 Å². The molecule has 1 aromatic carbocycles. The maximum atomic E-state index is 14.0. The third kappa shape index (κ3) is 4.78. The van der Waals surface area contributed by atoms with Gasteiger partial charge in [0, 0.05) is 30.1 Å². The molecule has 7 nitrogen and oxygen atoms in total. The Labute approximate surface area is 218 Å². The van der Waals surface area contributed by atoms with Crippen molar-refractivity contribution in [3.63, 3.8) is 0 Å². The van der Waals surface area contributed by atoms with E-state index in [9.17, 15) is 14.4 Å². The van der Waals surface area contributed by atoms with Crippen LogP contribution in [-0.2, 0) is 14.4 Å². The van der Waals surface area contributed by atoms with Gasteiger partial charge in [-0.05, 0) is 50.7 Å². The zero-order chi connectivity index (χ0) is 25.1. The number of nitrogens with zero attached hydrogens (tertiary/aromatic N) is 1. The number of carbonyl (C=O) groups excluding carboxylic acids is 3. The topological polar surface area (TPSA) is 98.7 Å². The molecule has 1 aromatic rings. The van der Waals surface area contributed by atoms with Crippen LogP contribution in [0.15, 0.2) is 30.3 Å². The first kappa shape index (κ1) is 25.6. The Morgan fingerprint density at radius 1 is 1.00 bits per heavy atom. The first-order valence-corrected chi connectivity index (χ1v) is 14.7. The number of para-hydroxylation sites is 1. The number of hydrogen-bond donors (Lipinski definition) is 3. The minimum absolute atomic E-state index is 0.0228. The Morgan fingerprint density at radius 2 is 1.75 bits per heavy atom. The van der Waals surface area contributed by atoms with E-state index in [0.717, 1.165) is 69.9 Å². The Kier molecular flexibility index (Phi) is 7.91. The van der Waals surface area contributed by atoms with Crippen LogP contribution in [0, 0.1) is 11.8 Å². The zero-order valence-electron chi connectivity index (χ0n) is 21.0. The molecule has 2 bridgehead atoms. The van der Waals surface area contributed by atoms with E-state index in [-0.39, 0.29) is 35.6 Å². The summed E-state index contributed by atoms with van der Waals surface area (Å²) < 4.78 is -0.524. The number of rotatable bonds is 10. The highest BCUT2D eigenvalue weighted by molar-refractivity contribution is 8.02. The smallest absolute Gasteiger partial charge is 0.244 e. The second-order valence-corrected chi connectivity index (χ2v) is 12.5. The van der Waals surface area contributed by atoms with Crippen molar-refractivity contribution >= 4 is 35.2 Å². The van der Waals surface area contributed by atoms with Gasteiger partial charge >= 0.3 is 0 Å². The molecule has 0 aromatic heterocycles. The maximum absolute atomic E-state index is 14.0. The summed E-state index contributed by atoms with van der Waals surface area (Å²) in [6, 6.07) is 9.08. The van der Waals surface area contributed by atoms with Crippen LogP contribution < -0.4 is 10.6 Å². The Balaban J connectivity index is 1.38. The molecule has 1 aliphatic carbocycles. The summed E-state index contributed by atoms with van der Waals surface area (Å²) in [6.07, 6.45) is 10.5. The Bertz CT molecular complexity index is 953. The van der Waals surface area contributed by atoms with E-state index >= 15 is 0 Å². The molecule has 3 saturated heterocycles. The van der Waals surface area contributed by atoms with Crippen LogP contribution in [0.5, 0.6) is 0 Å². The molecule has 3 aliphatic heterocycles. The van der Waals surface area contributed by atoms with E-state index in [2.05, 4.69) is 10.6 Å². The van der Waals surface area contributed by atoms with E-state index in [1.54, 1.807) is 11.8 Å². The molecule has 4 fully saturated rings. The number of nitrogens with one attached hydrogen (secondary N) is 2. The molecular formula is C28H39N3O4S. The summed E-state index contributed by atoms with van der Waals surface area (Å²) in [5.41, 5.74) is 0.738. The number of thioether (sulfide) groups is 1. The lowest BCUT2D eigenvalue weighted by Gasteiger charge is -2.35. The van der Waals surface area contributed by atoms with Crippen LogP contribution in [-0.4, -0.2) is 63.0 Å². The predicted molar refractivity (Wildman–Crippen MR) is 141 cm³/mol. The lowest BCUT2D eigenvalue weighted by molar-refractivity contribution is -0.139. The second-order valence-electron chi connectivity index (χ2n) is 10.9. The van der Waals surface area contributed by atoms with Crippen LogP contribution in [0.3, 0.4) is 0 Å². The molecule has 1 spiro atoms. The van der Waals surface area contributed by atoms with Gasteiger partial charge in [-0.1, -0.05) is 50.3 Å². The van der Waals surface area contributed by atoms with E-state index in [0.29, 0.717) is 6.54 Å². The molecule has 3 N–H and O–H groups in total. The monoisotopic (exact) mass is 513 g/mol. The van der Waals surface area contributed by atoms with Crippen LogP contribution in [0.1, 0.15) is 70.6 Å². The molecule has 1 saturated carbocycles. The van der Waals surface area contributed by atoms with Crippen molar-refractivity contribution in [3.8, 4) is 0 Å². The van der Waals surface area contributed by atoms with E-state index < -0.39 is 22.6 Å². The zero-order valence-corrected chi connectivity index (χ0v) is 21.8. The lowest BCUT2D eigenvalue weighted by atomic mass is 9.70. The van der Waals surface area contributed by atoms with E-state index in [1.807, 2.05) is 35.2 Å². The van der Waals surface area contributed by atoms with Crippen LogP contribution in [0.2, 0.25) is 0 Å². The fourth-order valence-corrected chi connectivity index (χ4v) is 9.24. The van der Waals surface area contributed by atoms with Gasteiger partial charge in [0.1, 0.15) is 6.04 Å².